The van der Waals surface area contributed by atoms with Gasteiger partial charge in [0.15, 0.2) is 11.0 Å². The molecule has 1 aliphatic carbocycles. The Balaban J connectivity index is 1.52. The van der Waals surface area contributed by atoms with Crippen molar-refractivity contribution in [3.8, 4) is 5.75 Å². The molecule has 0 saturated heterocycles. The van der Waals surface area contributed by atoms with E-state index < -0.39 is 0 Å². The Bertz CT molecular complexity index is 940. The third-order valence-electron chi connectivity index (χ3n) is 5.04. The number of halogens is 1. The molecule has 1 aliphatic rings. The number of methoxy groups -OCH3 is 1. The number of aromatic nitrogens is 5. The quantitative estimate of drug-likeness (QED) is 0.472. The lowest BCUT2D eigenvalue weighted by molar-refractivity contribution is 0.330. The molecular weight excluding hydrogens is 428 g/mol. The van der Waals surface area contributed by atoms with Crippen LogP contribution in [0.4, 0.5) is 5.69 Å². The summed E-state index contributed by atoms with van der Waals surface area (Å²) in [5.74, 6) is 2.42. The minimum absolute atomic E-state index is 0.437. The topological polar surface area (TPSA) is 77.8 Å². The number of nitrogens with zero attached hydrogens (tertiary/aromatic N) is 5. The zero-order chi connectivity index (χ0) is 20.1. The van der Waals surface area contributed by atoms with Gasteiger partial charge < -0.3 is 14.6 Å². The number of nitrogens with one attached hydrogen (secondary N) is 1. The maximum absolute atomic E-state index is 6.16. The van der Waals surface area contributed by atoms with Crippen LogP contribution in [-0.2, 0) is 12.3 Å². The summed E-state index contributed by atoms with van der Waals surface area (Å²) in [6, 6.07) is 8.35. The molecule has 154 valence electrons. The number of thioether (sulfide) groups is 1. The highest BCUT2D eigenvalue weighted by atomic mass is 35.5. The fraction of sp³-hybridized carbons (Fsp3) is 0.474. The second-order valence-electron chi connectivity index (χ2n) is 6.93. The Morgan fingerprint density at radius 3 is 2.86 bits per heavy atom. The summed E-state index contributed by atoms with van der Waals surface area (Å²) in [4.78, 5) is 0. The maximum atomic E-state index is 6.16. The van der Waals surface area contributed by atoms with Crippen LogP contribution in [0.25, 0.3) is 0 Å². The van der Waals surface area contributed by atoms with Crippen molar-refractivity contribution in [2.45, 2.75) is 55.6 Å². The maximum Gasteiger partial charge on any atom is 0.191 e. The van der Waals surface area contributed by atoms with Gasteiger partial charge in [-0.1, -0.05) is 53.2 Å². The molecule has 1 N–H and O–H groups in total. The van der Waals surface area contributed by atoms with Crippen LogP contribution in [0.15, 0.2) is 29.4 Å². The number of ether oxygens (including phenoxy) is 1. The van der Waals surface area contributed by atoms with Gasteiger partial charge in [0.05, 0.1) is 13.7 Å². The van der Waals surface area contributed by atoms with Gasteiger partial charge in [-0.3, -0.25) is 0 Å². The first kappa shape index (κ1) is 20.4. The lowest BCUT2D eigenvalue weighted by atomic mass is 9.95. The molecule has 0 radical (unpaired) electrons. The highest BCUT2D eigenvalue weighted by Crippen LogP contribution is 2.34. The van der Waals surface area contributed by atoms with Crippen LogP contribution in [-0.4, -0.2) is 31.5 Å². The summed E-state index contributed by atoms with van der Waals surface area (Å²) >= 11 is 9.00. The molecule has 3 aromatic rings. The molecule has 0 amide bonds. The van der Waals surface area contributed by atoms with Gasteiger partial charge in [0.25, 0.3) is 0 Å². The standard InChI is InChI=1S/C19H23ClN6OS2/c1-27-15-9-5-6-13(10-15)21-11-17-23-24-19(26(17)14-7-3-2-4-8-14)28-12-16-18(20)29-25-22-16/h5-6,9-10,14,21H,2-4,7-8,11-12H2,1H3. The summed E-state index contributed by atoms with van der Waals surface area (Å²) in [5.41, 5.74) is 1.80. The first-order valence-electron chi connectivity index (χ1n) is 9.66. The van der Waals surface area contributed by atoms with Gasteiger partial charge >= 0.3 is 0 Å². The summed E-state index contributed by atoms with van der Waals surface area (Å²) in [6.07, 6.45) is 6.13. The van der Waals surface area contributed by atoms with E-state index in [9.17, 15) is 0 Å². The number of hydrogen-bond donors (Lipinski definition) is 1. The van der Waals surface area contributed by atoms with Crippen molar-refractivity contribution < 1.29 is 4.74 Å². The molecule has 7 nitrogen and oxygen atoms in total. The van der Waals surface area contributed by atoms with E-state index in [1.165, 1.54) is 30.8 Å². The lowest BCUT2D eigenvalue weighted by Gasteiger charge is -2.25. The monoisotopic (exact) mass is 450 g/mol. The van der Waals surface area contributed by atoms with Gasteiger partial charge in [-0.2, -0.15) is 0 Å². The number of rotatable bonds is 8. The molecule has 0 atom stereocenters. The van der Waals surface area contributed by atoms with Crippen molar-refractivity contribution in [1.82, 2.24) is 24.4 Å². The van der Waals surface area contributed by atoms with Crippen molar-refractivity contribution in [3.63, 3.8) is 0 Å². The fourth-order valence-corrected chi connectivity index (χ4v) is 5.32. The van der Waals surface area contributed by atoms with Crippen molar-refractivity contribution in [2.75, 3.05) is 12.4 Å². The first-order chi connectivity index (χ1) is 14.2. The third kappa shape index (κ3) is 5.02. The molecule has 2 heterocycles. The molecule has 1 aromatic carbocycles. The fourth-order valence-electron chi connectivity index (χ4n) is 3.56. The zero-order valence-electron chi connectivity index (χ0n) is 16.2. The van der Waals surface area contributed by atoms with E-state index in [1.54, 1.807) is 18.9 Å². The highest BCUT2D eigenvalue weighted by Gasteiger charge is 2.23. The number of hydrogen-bond acceptors (Lipinski definition) is 8. The molecule has 4 rings (SSSR count). The minimum atomic E-state index is 0.437. The van der Waals surface area contributed by atoms with Gasteiger partial charge in [0.2, 0.25) is 0 Å². The predicted octanol–water partition coefficient (Wildman–Crippen LogP) is 5.20. The molecule has 10 heteroatoms. The van der Waals surface area contributed by atoms with Gasteiger partial charge in [0, 0.05) is 35.1 Å². The Morgan fingerprint density at radius 1 is 1.24 bits per heavy atom. The first-order valence-corrected chi connectivity index (χ1v) is 11.8. The van der Waals surface area contributed by atoms with Crippen molar-refractivity contribution >= 4 is 40.6 Å². The Hall–Kier alpha value is -1.84. The second kappa shape index (κ2) is 9.77. The van der Waals surface area contributed by atoms with Crippen LogP contribution in [0.3, 0.4) is 0 Å². The number of benzene rings is 1. The van der Waals surface area contributed by atoms with Crippen LogP contribution in [0.2, 0.25) is 4.34 Å². The van der Waals surface area contributed by atoms with E-state index in [1.807, 2.05) is 24.3 Å². The van der Waals surface area contributed by atoms with E-state index in [0.29, 0.717) is 22.7 Å². The summed E-state index contributed by atoms with van der Waals surface area (Å²) in [5, 5.41) is 17.5. The van der Waals surface area contributed by atoms with Crippen LogP contribution in [0, 0.1) is 0 Å². The third-order valence-corrected chi connectivity index (χ3v) is 6.98. The Morgan fingerprint density at radius 2 is 2.10 bits per heavy atom. The molecule has 2 aromatic heterocycles. The molecule has 1 saturated carbocycles. The molecule has 0 spiro atoms. The molecular formula is C19H23ClN6OS2. The van der Waals surface area contributed by atoms with Gasteiger partial charge in [0.1, 0.15) is 15.8 Å². The number of anilines is 1. The molecule has 0 aliphatic heterocycles. The van der Waals surface area contributed by atoms with Crippen molar-refractivity contribution in [1.29, 1.82) is 0 Å². The van der Waals surface area contributed by atoms with Crippen LogP contribution < -0.4 is 10.1 Å². The second-order valence-corrected chi connectivity index (χ2v) is 9.23. The van der Waals surface area contributed by atoms with Crippen LogP contribution in [0.1, 0.15) is 49.7 Å². The smallest absolute Gasteiger partial charge is 0.191 e. The van der Waals surface area contributed by atoms with E-state index in [-0.39, 0.29) is 0 Å². The average Bonchev–Trinajstić information content (AvgIpc) is 3.37. The highest BCUT2D eigenvalue weighted by molar-refractivity contribution is 7.98. The van der Waals surface area contributed by atoms with E-state index in [4.69, 9.17) is 16.3 Å². The van der Waals surface area contributed by atoms with Crippen LogP contribution in [0.5, 0.6) is 5.75 Å². The lowest BCUT2D eigenvalue weighted by Crippen LogP contribution is -2.18. The normalized spacial score (nSPS) is 14.8. The largest absolute Gasteiger partial charge is 0.497 e. The van der Waals surface area contributed by atoms with E-state index >= 15 is 0 Å². The van der Waals surface area contributed by atoms with Crippen molar-refractivity contribution in [2.24, 2.45) is 0 Å². The summed E-state index contributed by atoms with van der Waals surface area (Å²) < 4.78 is 12.2. The SMILES string of the molecule is COc1cccc(NCc2nnc(SCc3nnsc3Cl)n2C2CCCCC2)c1. The Labute approximate surface area is 183 Å². The van der Waals surface area contributed by atoms with E-state index in [2.05, 4.69) is 29.7 Å². The molecule has 0 unspecified atom stereocenters. The Kier molecular flexibility index (Phi) is 6.89. The van der Waals surface area contributed by atoms with Gasteiger partial charge in [-0.05, 0) is 25.0 Å². The minimum Gasteiger partial charge on any atom is -0.497 e. The van der Waals surface area contributed by atoms with Gasteiger partial charge in [-0.15, -0.1) is 15.3 Å². The zero-order valence-corrected chi connectivity index (χ0v) is 18.6. The van der Waals surface area contributed by atoms with E-state index in [0.717, 1.165) is 41.0 Å². The summed E-state index contributed by atoms with van der Waals surface area (Å²) in [6.45, 7) is 0.607. The molecule has 0 bridgehead atoms. The van der Waals surface area contributed by atoms with Crippen LogP contribution >= 0.6 is 34.9 Å². The summed E-state index contributed by atoms with van der Waals surface area (Å²) in [7, 11) is 1.67. The average molecular weight is 451 g/mol. The molecule has 1 fully saturated rings. The predicted molar refractivity (Wildman–Crippen MR) is 117 cm³/mol. The van der Waals surface area contributed by atoms with Crippen molar-refractivity contribution in [3.05, 3.63) is 40.1 Å². The van der Waals surface area contributed by atoms with Gasteiger partial charge in [-0.25, -0.2) is 0 Å². The molecule has 29 heavy (non-hydrogen) atoms.